The van der Waals surface area contributed by atoms with Crippen molar-refractivity contribution in [2.45, 2.75) is 18.2 Å². The molecule has 1 amide bonds. The van der Waals surface area contributed by atoms with Crippen molar-refractivity contribution in [2.24, 2.45) is 0 Å². The van der Waals surface area contributed by atoms with Crippen molar-refractivity contribution in [3.8, 4) is 0 Å². The number of carboxylic acids is 1. The molecule has 0 radical (unpaired) electrons. The number of rotatable bonds is 7. The lowest BCUT2D eigenvalue weighted by atomic mass is 10.1. The third kappa shape index (κ3) is 4.96. The SMILES string of the molecule is Cc1cc(C(=O)O)ccc1NS(=O)(=O)c1ccc(NC(=O)CCCl)cc1. The van der Waals surface area contributed by atoms with Crippen LogP contribution in [-0.2, 0) is 14.8 Å². The predicted octanol–water partition coefficient (Wildman–Crippen LogP) is 3.06. The van der Waals surface area contributed by atoms with Gasteiger partial charge in [0.25, 0.3) is 10.0 Å². The van der Waals surface area contributed by atoms with E-state index >= 15 is 0 Å². The highest BCUT2D eigenvalue weighted by Gasteiger charge is 2.16. The average Bonchev–Trinajstić information content (AvgIpc) is 2.57. The lowest BCUT2D eigenvalue weighted by molar-refractivity contribution is -0.115. The smallest absolute Gasteiger partial charge is 0.335 e. The molecule has 2 aromatic rings. The summed E-state index contributed by atoms with van der Waals surface area (Å²) < 4.78 is 27.4. The fourth-order valence-corrected chi connectivity index (χ4v) is 3.44. The first-order valence-electron chi connectivity index (χ1n) is 7.55. The molecule has 0 unspecified atom stereocenters. The van der Waals surface area contributed by atoms with Crippen LogP contribution in [0.25, 0.3) is 0 Å². The number of carbonyl (C=O) groups excluding carboxylic acids is 1. The van der Waals surface area contributed by atoms with Crippen LogP contribution in [-0.4, -0.2) is 31.3 Å². The van der Waals surface area contributed by atoms with Crippen LogP contribution in [0.5, 0.6) is 0 Å². The number of benzene rings is 2. The van der Waals surface area contributed by atoms with Crippen molar-refractivity contribution in [1.82, 2.24) is 0 Å². The van der Waals surface area contributed by atoms with E-state index in [1.807, 2.05) is 0 Å². The number of sulfonamides is 1. The monoisotopic (exact) mass is 396 g/mol. The predicted molar refractivity (Wildman–Crippen MR) is 99.4 cm³/mol. The summed E-state index contributed by atoms with van der Waals surface area (Å²) in [5.74, 6) is -1.15. The van der Waals surface area contributed by atoms with Gasteiger partial charge >= 0.3 is 5.97 Å². The fourth-order valence-electron chi connectivity index (χ4n) is 2.14. The van der Waals surface area contributed by atoms with E-state index in [1.165, 1.54) is 42.5 Å². The largest absolute Gasteiger partial charge is 0.478 e. The highest BCUT2D eigenvalue weighted by atomic mass is 35.5. The number of aryl methyl sites for hydroxylation is 1. The van der Waals surface area contributed by atoms with E-state index in [1.54, 1.807) is 6.92 Å². The quantitative estimate of drug-likeness (QED) is 0.622. The standard InChI is InChI=1S/C17H17ClN2O5S/c1-11-10-12(17(22)23)2-7-15(11)20-26(24,25)14-5-3-13(4-6-14)19-16(21)8-9-18/h2-7,10,20H,8-9H2,1H3,(H,19,21)(H,22,23). The Bertz CT molecular complexity index is 927. The van der Waals surface area contributed by atoms with Gasteiger partial charge in [-0.3, -0.25) is 9.52 Å². The molecular weight excluding hydrogens is 380 g/mol. The minimum atomic E-state index is -3.86. The molecule has 26 heavy (non-hydrogen) atoms. The molecule has 9 heteroatoms. The number of aromatic carboxylic acids is 1. The number of hydrogen-bond donors (Lipinski definition) is 3. The highest BCUT2D eigenvalue weighted by molar-refractivity contribution is 7.92. The van der Waals surface area contributed by atoms with Crippen LogP contribution in [0.2, 0.25) is 0 Å². The molecule has 2 aromatic carbocycles. The van der Waals surface area contributed by atoms with Gasteiger partial charge in [0, 0.05) is 18.0 Å². The highest BCUT2D eigenvalue weighted by Crippen LogP contribution is 2.22. The lowest BCUT2D eigenvalue weighted by Crippen LogP contribution is -2.15. The van der Waals surface area contributed by atoms with E-state index in [0.717, 1.165) is 0 Å². The second-order valence-electron chi connectivity index (χ2n) is 5.45. The van der Waals surface area contributed by atoms with Crippen LogP contribution < -0.4 is 10.0 Å². The molecule has 3 N–H and O–H groups in total. The summed E-state index contributed by atoms with van der Waals surface area (Å²) in [6.07, 6.45) is 0.161. The first kappa shape index (κ1) is 19.7. The van der Waals surface area contributed by atoms with Crippen molar-refractivity contribution in [2.75, 3.05) is 15.9 Å². The Morgan fingerprint density at radius 2 is 1.77 bits per heavy atom. The Kier molecular flexibility index (Phi) is 6.23. The summed E-state index contributed by atoms with van der Waals surface area (Å²) in [5.41, 5.74) is 1.30. The number of hydrogen-bond acceptors (Lipinski definition) is 4. The van der Waals surface area contributed by atoms with Gasteiger partial charge < -0.3 is 10.4 Å². The molecule has 138 valence electrons. The number of amides is 1. The van der Waals surface area contributed by atoms with Crippen molar-refractivity contribution in [3.63, 3.8) is 0 Å². The van der Waals surface area contributed by atoms with Crippen molar-refractivity contribution < 1.29 is 23.1 Å². The van der Waals surface area contributed by atoms with Crippen LogP contribution in [0.4, 0.5) is 11.4 Å². The summed E-state index contributed by atoms with van der Waals surface area (Å²) in [6, 6.07) is 9.77. The molecule has 0 bridgehead atoms. The Labute approximate surface area is 156 Å². The van der Waals surface area contributed by atoms with Gasteiger partial charge in [0.05, 0.1) is 16.1 Å². The fraction of sp³-hybridized carbons (Fsp3) is 0.176. The Morgan fingerprint density at radius 3 is 2.31 bits per heavy atom. The van der Waals surface area contributed by atoms with E-state index in [9.17, 15) is 18.0 Å². The summed E-state index contributed by atoms with van der Waals surface area (Å²) in [7, 11) is -3.86. The molecule has 7 nitrogen and oxygen atoms in total. The molecular formula is C17H17ClN2O5S. The third-order valence-electron chi connectivity index (χ3n) is 3.49. The minimum Gasteiger partial charge on any atom is -0.478 e. The van der Waals surface area contributed by atoms with Crippen molar-refractivity contribution in [3.05, 3.63) is 53.6 Å². The van der Waals surface area contributed by atoms with Crippen LogP contribution in [0, 0.1) is 6.92 Å². The zero-order valence-corrected chi connectivity index (χ0v) is 15.4. The number of carbonyl (C=O) groups is 2. The Morgan fingerprint density at radius 1 is 1.12 bits per heavy atom. The average molecular weight is 397 g/mol. The number of carboxylic acid groups (broad SMARTS) is 1. The molecule has 0 aromatic heterocycles. The van der Waals surface area contributed by atoms with Gasteiger partial charge in [0.15, 0.2) is 0 Å². The van der Waals surface area contributed by atoms with E-state index < -0.39 is 16.0 Å². The van der Waals surface area contributed by atoms with Crippen LogP contribution >= 0.6 is 11.6 Å². The first-order chi connectivity index (χ1) is 12.2. The molecule has 0 aliphatic heterocycles. The normalized spacial score (nSPS) is 11.0. The van der Waals surface area contributed by atoms with E-state index in [2.05, 4.69) is 10.0 Å². The topological polar surface area (TPSA) is 113 Å². The first-order valence-corrected chi connectivity index (χ1v) is 9.57. The summed E-state index contributed by atoms with van der Waals surface area (Å²) >= 11 is 5.48. The van der Waals surface area contributed by atoms with Gasteiger partial charge in [-0.1, -0.05) is 0 Å². The van der Waals surface area contributed by atoms with Crippen molar-refractivity contribution >= 4 is 44.9 Å². The summed E-state index contributed by atoms with van der Waals surface area (Å²) in [5, 5.41) is 11.6. The van der Waals surface area contributed by atoms with Gasteiger partial charge in [-0.15, -0.1) is 11.6 Å². The summed E-state index contributed by atoms with van der Waals surface area (Å²) in [4.78, 5) is 22.4. The second-order valence-corrected chi connectivity index (χ2v) is 7.51. The molecule has 0 saturated carbocycles. The molecule has 2 rings (SSSR count). The molecule has 0 fully saturated rings. The summed E-state index contributed by atoms with van der Waals surface area (Å²) in [6.45, 7) is 1.61. The third-order valence-corrected chi connectivity index (χ3v) is 5.06. The van der Waals surface area contributed by atoms with E-state index in [0.29, 0.717) is 11.3 Å². The Balaban J connectivity index is 2.17. The molecule has 0 aliphatic carbocycles. The number of anilines is 2. The Hall–Kier alpha value is -2.58. The van der Waals surface area contributed by atoms with Gasteiger partial charge in [-0.05, 0) is 55.0 Å². The van der Waals surface area contributed by atoms with E-state index in [-0.39, 0.29) is 34.4 Å². The van der Waals surface area contributed by atoms with Crippen LogP contribution in [0.1, 0.15) is 22.3 Å². The van der Waals surface area contributed by atoms with Gasteiger partial charge in [0.2, 0.25) is 5.91 Å². The lowest BCUT2D eigenvalue weighted by Gasteiger charge is -2.12. The number of halogens is 1. The van der Waals surface area contributed by atoms with Crippen molar-refractivity contribution in [1.29, 1.82) is 0 Å². The van der Waals surface area contributed by atoms with Gasteiger partial charge in [0.1, 0.15) is 0 Å². The minimum absolute atomic E-state index is 0.00885. The number of nitrogens with one attached hydrogen (secondary N) is 2. The molecule has 0 heterocycles. The maximum absolute atomic E-state index is 12.5. The van der Waals surface area contributed by atoms with E-state index in [4.69, 9.17) is 16.7 Å². The molecule has 0 saturated heterocycles. The van der Waals surface area contributed by atoms with Crippen LogP contribution in [0.3, 0.4) is 0 Å². The van der Waals surface area contributed by atoms with Crippen LogP contribution in [0.15, 0.2) is 47.4 Å². The second kappa shape index (κ2) is 8.20. The molecule has 0 spiro atoms. The molecule has 0 atom stereocenters. The maximum Gasteiger partial charge on any atom is 0.335 e. The van der Waals surface area contributed by atoms with Gasteiger partial charge in [-0.2, -0.15) is 0 Å². The zero-order valence-electron chi connectivity index (χ0n) is 13.8. The van der Waals surface area contributed by atoms with Gasteiger partial charge in [-0.25, -0.2) is 13.2 Å². The molecule has 0 aliphatic rings. The maximum atomic E-state index is 12.5. The number of alkyl halides is 1. The zero-order chi connectivity index (χ0) is 19.3.